The standard InChI is InChI=1S/C21H26N2O/c1-22(2)15-18-9-7-8-17(14-18)12-13-21(24)20-11-6-5-10-19(20)16-23(3)4/h5-14H,15-16H2,1-4H3. The molecule has 2 rings (SSSR count). The van der Waals surface area contributed by atoms with Crippen LogP contribution in [0, 0.1) is 0 Å². The van der Waals surface area contributed by atoms with E-state index in [4.69, 9.17) is 0 Å². The average Bonchev–Trinajstić information content (AvgIpc) is 2.52. The van der Waals surface area contributed by atoms with E-state index >= 15 is 0 Å². The number of hydrogen-bond acceptors (Lipinski definition) is 3. The molecular formula is C21H26N2O. The third-order valence-electron chi connectivity index (χ3n) is 3.65. The SMILES string of the molecule is CN(C)Cc1cccc(C=CC(=O)c2ccccc2CN(C)C)c1. The number of rotatable bonds is 7. The van der Waals surface area contributed by atoms with E-state index in [0.717, 1.165) is 29.8 Å². The van der Waals surface area contributed by atoms with E-state index in [0.29, 0.717) is 0 Å². The average molecular weight is 322 g/mol. The molecule has 0 unspecified atom stereocenters. The molecule has 3 heteroatoms. The van der Waals surface area contributed by atoms with E-state index in [1.807, 2.05) is 70.7 Å². The quantitative estimate of drug-likeness (QED) is 0.573. The zero-order chi connectivity index (χ0) is 17.5. The van der Waals surface area contributed by atoms with E-state index in [1.165, 1.54) is 5.56 Å². The molecule has 0 aliphatic carbocycles. The minimum atomic E-state index is 0.0467. The van der Waals surface area contributed by atoms with Gasteiger partial charge in [-0.1, -0.05) is 54.6 Å². The lowest BCUT2D eigenvalue weighted by Crippen LogP contribution is -2.13. The van der Waals surface area contributed by atoms with Crippen LogP contribution in [-0.2, 0) is 13.1 Å². The minimum absolute atomic E-state index is 0.0467. The fourth-order valence-corrected chi connectivity index (χ4v) is 2.66. The predicted octanol–water partition coefficient (Wildman–Crippen LogP) is 3.71. The van der Waals surface area contributed by atoms with E-state index in [1.54, 1.807) is 6.08 Å². The number of nitrogens with zero attached hydrogens (tertiary/aromatic N) is 2. The minimum Gasteiger partial charge on any atom is -0.305 e. The number of carbonyl (C=O) groups excluding carboxylic acids is 1. The maximum absolute atomic E-state index is 12.6. The van der Waals surface area contributed by atoms with Crippen LogP contribution < -0.4 is 0 Å². The van der Waals surface area contributed by atoms with Crippen molar-refractivity contribution in [2.24, 2.45) is 0 Å². The van der Waals surface area contributed by atoms with Crippen LogP contribution in [0.2, 0.25) is 0 Å². The third kappa shape index (κ3) is 5.44. The van der Waals surface area contributed by atoms with Crippen molar-refractivity contribution >= 4 is 11.9 Å². The first-order valence-corrected chi connectivity index (χ1v) is 8.14. The van der Waals surface area contributed by atoms with Gasteiger partial charge in [-0.15, -0.1) is 0 Å². The molecule has 0 fully saturated rings. The van der Waals surface area contributed by atoms with Gasteiger partial charge in [-0.25, -0.2) is 0 Å². The fraction of sp³-hybridized carbons (Fsp3) is 0.286. The second kappa shape index (κ2) is 8.57. The number of carbonyl (C=O) groups is 1. The second-order valence-corrected chi connectivity index (χ2v) is 6.58. The topological polar surface area (TPSA) is 23.6 Å². The van der Waals surface area contributed by atoms with E-state index in [9.17, 15) is 4.79 Å². The monoisotopic (exact) mass is 322 g/mol. The Bertz CT molecular complexity index is 717. The zero-order valence-corrected chi connectivity index (χ0v) is 15.0. The molecule has 0 saturated carbocycles. The Hall–Kier alpha value is -2.23. The first-order valence-electron chi connectivity index (χ1n) is 8.14. The Kier molecular flexibility index (Phi) is 6.47. The third-order valence-corrected chi connectivity index (χ3v) is 3.65. The van der Waals surface area contributed by atoms with Gasteiger partial charge >= 0.3 is 0 Å². The lowest BCUT2D eigenvalue weighted by molar-refractivity contribution is 0.104. The zero-order valence-electron chi connectivity index (χ0n) is 15.0. The Morgan fingerprint density at radius 3 is 2.33 bits per heavy atom. The van der Waals surface area contributed by atoms with Gasteiger partial charge in [-0.3, -0.25) is 4.79 Å². The first kappa shape index (κ1) is 18.1. The Balaban J connectivity index is 2.16. The van der Waals surface area contributed by atoms with Crippen LogP contribution in [0.1, 0.15) is 27.0 Å². The lowest BCUT2D eigenvalue weighted by atomic mass is 10.0. The Labute approximate surface area is 145 Å². The van der Waals surface area contributed by atoms with Gasteiger partial charge in [-0.2, -0.15) is 0 Å². The second-order valence-electron chi connectivity index (χ2n) is 6.58. The van der Waals surface area contributed by atoms with Crippen molar-refractivity contribution in [2.45, 2.75) is 13.1 Å². The van der Waals surface area contributed by atoms with Gasteiger partial charge in [0, 0.05) is 18.7 Å². The molecule has 24 heavy (non-hydrogen) atoms. The molecule has 0 aliphatic rings. The summed E-state index contributed by atoms with van der Waals surface area (Å²) in [7, 11) is 8.11. The van der Waals surface area contributed by atoms with Crippen molar-refractivity contribution in [1.82, 2.24) is 9.80 Å². The largest absolute Gasteiger partial charge is 0.305 e. The van der Waals surface area contributed by atoms with E-state index in [2.05, 4.69) is 21.9 Å². The Morgan fingerprint density at radius 1 is 0.917 bits per heavy atom. The summed E-state index contributed by atoms with van der Waals surface area (Å²) >= 11 is 0. The molecule has 3 nitrogen and oxygen atoms in total. The summed E-state index contributed by atoms with van der Waals surface area (Å²) < 4.78 is 0. The van der Waals surface area contributed by atoms with Crippen molar-refractivity contribution < 1.29 is 4.79 Å². The highest BCUT2D eigenvalue weighted by atomic mass is 16.1. The molecule has 0 aliphatic heterocycles. The number of ketones is 1. The summed E-state index contributed by atoms with van der Waals surface area (Å²) in [6.07, 6.45) is 3.57. The molecule has 0 N–H and O–H groups in total. The van der Waals surface area contributed by atoms with Gasteiger partial charge in [0.05, 0.1) is 0 Å². The number of allylic oxidation sites excluding steroid dienone is 1. The highest BCUT2D eigenvalue weighted by Crippen LogP contribution is 2.14. The fourth-order valence-electron chi connectivity index (χ4n) is 2.66. The van der Waals surface area contributed by atoms with Crippen molar-refractivity contribution in [1.29, 1.82) is 0 Å². The van der Waals surface area contributed by atoms with Crippen LogP contribution in [0.15, 0.2) is 54.6 Å². The van der Waals surface area contributed by atoms with Crippen LogP contribution in [0.5, 0.6) is 0 Å². The number of hydrogen-bond donors (Lipinski definition) is 0. The van der Waals surface area contributed by atoms with Crippen LogP contribution >= 0.6 is 0 Å². The maximum atomic E-state index is 12.6. The summed E-state index contributed by atoms with van der Waals surface area (Å²) in [5.41, 5.74) is 4.11. The smallest absolute Gasteiger partial charge is 0.186 e. The summed E-state index contributed by atoms with van der Waals surface area (Å²) in [4.78, 5) is 16.8. The van der Waals surface area contributed by atoms with Gasteiger partial charge in [-0.05, 0) is 51.0 Å². The normalized spacial score (nSPS) is 11.6. The first-order chi connectivity index (χ1) is 11.5. The van der Waals surface area contributed by atoms with Gasteiger partial charge in [0.2, 0.25) is 0 Å². The van der Waals surface area contributed by atoms with Crippen LogP contribution in [-0.4, -0.2) is 43.8 Å². The molecular weight excluding hydrogens is 296 g/mol. The van der Waals surface area contributed by atoms with Gasteiger partial charge in [0.1, 0.15) is 0 Å². The molecule has 0 amide bonds. The molecule has 126 valence electrons. The van der Waals surface area contributed by atoms with Crippen LogP contribution in [0.4, 0.5) is 0 Å². The highest BCUT2D eigenvalue weighted by molar-refractivity contribution is 6.07. The lowest BCUT2D eigenvalue weighted by Gasteiger charge is -2.12. The molecule has 0 saturated heterocycles. The summed E-state index contributed by atoms with van der Waals surface area (Å²) in [6.45, 7) is 1.65. The van der Waals surface area contributed by atoms with Gasteiger partial charge in [0.25, 0.3) is 0 Å². The summed E-state index contributed by atoms with van der Waals surface area (Å²) in [5.74, 6) is 0.0467. The molecule has 0 bridgehead atoms. The molecule has 0 heterocycles. The molecule has 0 aromatic heterocycles. The van der Waals surface area contributed by atoms with Crippen LogP contribution in [0.3, 0.4) is 0 Å². The highest BCUT2D eigenvalue weighted by Gasteiger charge is 2.08. The predicted molar refractivity (Wildman–Crippen MR) is 101 cm³/mol. The van der Waals surface area contributed by atoms with Crippen molar-refractivity contribution in [3.63, 3.8) is 0 Å². The molecule has 2 aromatic carbocycles. The van der Waals surface area contributed by atoms with Crippen molar-refractivity contribution in [3.05, 3.63) is 76.9 Å². The summed E-state index contributed by atoms with van der Waals surface area (Å²) in [6, 6.07) is 16.1. The van der Waals surface area contributed by atoms with Gasteiger partial charge < -0.3 is 9.80 Å². The van der Waals surface area contributed by atoms with Crippen molar-refractivity contribution in [2.75, 3.05) is 28.2 Å². The molecule has 0 spiro atoms. The molecule has 2 aromatic rings. The van der Waals surface area contributed by atoms with E-state index < -0.39 is 0 Å². The molecule has 0 radical (unpaired) electrons. The summed E-state index contributed by atoms with van der Waals surface area (Å²) in [5, 5.41) is 0. The van der Waals surface area contributed by atoms with Gasteiger partial charge in [0.15, 0.2) is 5.78 Å². The molecule has 0 atom stereocenters. The maximum Gasteiger partial charge on any atom is 0.186 e. The Morgan fingerprint density at radius 2 is 1.62 bits per heavy atom. The van der Waals surface area contributed by atoms with Crippen LogP contribution in [0.25, 0.3) is 6.08 Å². The number of benzene rings is 2. The van der Waals surface area contributed by atoms with Crippen molar-refractivity contribution in [3.8, 4) is 0 Å². The van der Waals surface area contributed by atoms with E-state index in [-0.39, 0.29) is 5.78 Å².